The summed E-state index contributed by atoms with van der Waals surface area (Å²) in [6.45, 7) is 6.61. The molecule has 0 spiro atoms. The molecule has 0 radical (unpaired) electrons. The van der Waals surface area contributed by atoms with Crippen LogP contribution in [0.25, 0.3) is 0 Å². The molecule has 0 fully saturated rings. The second-order valence-corrected chi connectivity index (χ2v) is 19.9. The molecule has 0 aromatic heterocycles. The number of allylic oxidation sites excluding steroid dienone is 8. The van der Waals surface area contributed by atoms with Crippen molar-refractivity contribution in [2.45, 2.75) is 316 Å². The lowest BCUT2D eigenvalue weighted by atomic mass is 10.0. The molecule has 0 rings (SSSR count). The highest BCUT2D eigenvalue weighted by molar-refractivity contribution is 5.71. The van der Waals surface area contributed by atoms with Crippen molar-refractivity contribution in [3.63, 3.8) is 0 Å². The first-order chi connectivity index (χ1) is 33.5. The first-order valence-corrected chi connectivity index (χ1v) is 29.6. The van der Waals surface area contributed by atoms with E-state index in [1.54, 1.807) is 0 Å². The average molecular weight is 954 g/mol. The van der Waals surface area contributed by atoms with E-state index in [0.29, 0.717) is 19.3 Å². The lowest BCUT2D eigenvalue weighted by Crippen LogP contribution is -2.30. The SMILES string of the molecule is CCCCC/C=C\C/C=C\C/C=C\CCCCCCCCC(=O)OC[C@@H](COC(=O)CCCCCCC/C=C\CCCCC)OC(=O)CCCCCCCCCCCCCCCCCCCCC. The molecule has 0 aromatic carbocycles. The minimum Gasteiger partial charge on any atom is -0.462 e. The Morgan fingerprint density at radius 1 is 0.294 bits per heavy atom. The summed E-state index contributed by atoms with van der Waals surface area (Å²) >= 11 is 0. The second-order valence-electron chi connectivity index (χ2n) is 19.9. The van der Waals surface area contributed by atoms with Crippen molar-refractivity contribution in [3.05, 3.63) is 48.6 Å². The minimum absolute atomic E-state index is 0.0790. The molecule has 0 amide bonds. The Morgan fingerprint density at radius 2 is 0.529 bits per heavy atom. The third-order valence-corrected chi connectivity index (χ3v) is 13.1. The Hall–Kier alpha value is -2.63. The molecule has 0 unspecified atom stereocenters. The molecule has 0 aromatic rings. The van der Waals surface area contributed by atoms with Gasteiger partial charge in [-0.25, -0.2) is 0 Å². The fraction of sp³-hybridized carbons (Fsp3) is 0.823. The van der Waals surface area contributed by atoms with Gasteiger partial charge < -0.3 is 14.2 Å². The summed E-state index contributed by atoms with van der Waals surface area (Å²) in [7, 11) is 0. The lowest BCUT2D eigenvalue weighted by molar-refractivity contribution is -0.167. The fourth-order valence-electron chi connectivity index (χ4n) is 8.56. The van der Waals surface area contributed by atoms with Gasteiger partial charge in [0.05, 0.1) is 0 Å². The fourth-order valence-corrected chi connectivity index (χ4v) is 8.56. The predicted octanol–water partition coefficient (Wildman–Crippen LogP) is 19.8. The van der Waals surface area contributed by atoms with Crippen LogP contribution in [0, 0.1) is 0 Å². The van der Waals surface area contributed by atoms with Crippen LogP contribution in [0.15, 0.2) is 48.6 Å². The van der Waals surface area contributed by atoms with E-state index in [1.807, 2.05) is 0 Å². The summed E-state index contributed by atoms with van der Waals surface area (Å²) in [4.78, 5) is 38.2. The highest BCUT2D eigenvalue weighted by atomic mass is 16.6. The van der Waals surface area contributed by atoms with Gasteiger partial charge in [-0.1, -0.05) is 256 Å². The summed E-state index contributed by atoms with van der Waals surface area (Å²) in [5.74, 6) is -0.884. The Balaban J connectivity index is 4.34. The normalized spacial score (nSPS) is 12.3. The van der Waals surface area contributed by atoms with Crippen LogP contribution in [0.4, 0.5) is 0 Å². The summed E-state index contributed by atoms with van der Waals surface area (Å²) < 4.78 is 16.9. The Kier molecular flexibility index (Phi) is 54.8. The van der Waals surface area contributed by atoms with Crippen LogP contribution >= 0.6 is 0 Å². The maximum absolute atomic E-state index is 12.9. The van der Waals surface area contributed by atoms with Gasteiger partial charge in [-0.05, 0) is 83.5 Å². The zero-order valence-corrected chi connectivity index (χ0v) is 45.4. The number of ether oxygens (including phenoxy) is 3. The zero-order valence-electron chi connectivity index (χ0n) is 45.4. The first-order valence-electron chi connectivity index (χ1n) is 29.6. The van der Waals surface area contributed by atoms with E-state index in [-0.39, 0.29) is 31.1 Å². The van der Waals surface area contributed by atoms with Crippen LogP contribution in [-0.2, 0) is 28.6 Å². The molecule has 0 aliphatic heterocycles. The molecule has 0 bridgehead atoms. The summed E-state index contributed by atoms with van der Waals surface area (Å²) in [5.41, 5.74) is 0. The maximum atomic E-state index is 12.9. The summed E-state index contributed by atoms with van der Waals surface area (Å²) in [6, 6.07) is 0. The number of unbranched alkanes of at least 4 members (excludes halogenated alkanes) is 35. The van der Waals surface area contributed by atoms with Crippen molar-refractivity contribution in [2.75, 3.05) is 13.2 Å². The van der Waals surface area contributed by atoms with Crippen LogP contribution < -0.4 is 0 Å². The smallest absolute Gasteiger partial charge is 0.306 e. The maximum Gasteiger partial charge on any atom is 0.306 e. The second kappa shape index (κ2) is 57.0. The number of rotatable bonds is 54. The zero-order chi connectivity index (χ0) is 49.3. The van der Waals surface area contributed by atoms with Gasteiger partial charge in [0.1, 0.15) is 13.2 Å². The van der Waals surface area contributed by atoms with Crippen LogP contribution in [0.1, 0.15) is 310 Å². The first kappa shape index (κ1) is 65.4. The van der Waals surface area contributed by atoms with Crippen LogP contribution in [0.2, 0.25) is 0 Å². The standard InChI is InChI=1S/C62H112O6/c1-4-7-10-13-16-19-22-25-27-29-31-33-35-37-40-43-46-49-52-55-61(64)67-58-59(57-66-60(63)54-51-48-45-42-39-24-21-18-15-12-9-6-3)68-62(65)56-53-50-47-44-41-38-36-34-32-30-28-26-23-20-17-14-11-8-5-2/h16,18-19,21,25,27,31,33,59H,4-15,17,20,22-24,26,28-30,32,34-58H2,1-3H3/b19-16-,21-18-,27-25-,33-31-/t59-/m1/s1. The quantitative estimate of drug-likeness (QED) is 0.0262. The predicted molar refractivity (Wildman–Crippen MR) is 293 cm³/mol. The molecule has 6 nitrogen and oxygen atoms in total. The van der Waals surface area contributed by atoms with E-state index in [0.717, 1.165) is 83.5 Å². The van der Waals surface area contributed by atoms with Crippen molar-refractivity contribution < 1.29 is 28.6 Å². The van der Waals surface area contributed by atoms with Crippen molar-refractivity contribution in [1.29, 1.82) is 0 Å². The minimum atomic E-state index is -0.780. The van der Waals surface area contributed by atoms with Gasteiger partial charge >= 0.3 is 17.9 Å². The van der Waals surface area contributed by atoms with Crippen LogP contribution in [0.3, 0.4) is 0 Å². The van der Waals surface area contributed by atoms with E-state index in [9.17, 15) is 14.4 Å². The van der Waals surface area contributed by atoms with Gasteiger partial charge in [0, 0.05) is 19.3 Å². The van der Waals surface area contributed by atoms with E-state index in [4.69, 9.17) is 14.2 Å². The average Bonchev–Trinajstić information content (AvgIpc) is 3.34. The van der Waals surface area contributed by atoms with Crippen LogP contribution in [-0.4, -0.2) is 37.2 Å². The molecular formula is C62H112O6. The van der Waals surface area contributed by atoms with Crippen molar-refractivity contribution in [1.82, 2.24) is 0 Å². The molecular weight excluding hydrogens is 841 g/mol. The van der Waals surface area contributed by atoms with E-state index in [1.165, 1.54) is 186 Å². The monoisotopic (exact) mass is 953 g/mol. The van der Waals surface area contributed by atoms with Gasteiger partial charge in [0.15, 0.2) is 6.10 Å². The van der Waals surface area contributed by atoms with Gasteiger partial charge in [-0.3, -0.25) is 14.4 Å². The van der Waals surface area contributed by atoms with E-state index < -0.39 is 6.10 Å². The van der Waals surface area contributed by atoms with Gasteiger partial charge in [0.2, 0.25) is 0 Å². The topological polar surface area (TPSA) is 78.9 Å². The van der Waals surface area contributed by atoms with Gasteiger partial charge in [-0.15, -0.1) is 0 Å². The van der Waals surface area contributed by atoms with Gasteiger partial charge in [-0.2, -0.15) is 0 Å². The van der Waals surface area contributed by atoms with E-state index >= 15 is 0 Å². The highest BCUT2D eigenvalue weighted by Crippen LogP contribution is 2.17. The molecule has 0 heterocycles. The molecule has 0 aliphatic carbocycles. The molecule has 6 heteroatoms. The summed E-state index contributed by atoms with van der Waals surface area (Å²) in [5, 5.41) is 0. The summed E-state index contributed by atoms with van der Waals surface area (Å²) in [6.07, 6.45) is 69.6. The molecule has 1 atom stereocenters. The van der Waals surface area contributed by atoms with Crippen molar-refractivity contribution >= 4 is 17.9 Å². The number of carbonyl (C=O) groups is 3. The van der Waals surface area contributed by atoms with Crippen molar-refractivity contribution in [3.8, 4) is 0 Å². The molecule has 0 saturated heterocycles. The van der Waals surface area contributed by atoms with Crippen LogP contribution in [0.5, 0.6) is 0 Å². The number of carbonyl (C=O) groups excluding carboxylic acids is 3. The third kappa shape index (κ3) is 54.3. The van der Waals surface area contributed by atoms with E-state index in [2.05, 4.69) is 69.4 Å². The number of hydrogen-bond donors (Lipinski definition) is 0. The Morgan fingerprint density at radius 3 is 0.868 bits per heavy atom. The molecule has 0 N–H and O–H groups in total. The number of hydrogen-bond acceptors (Lipinski definition) is 6. The molecule has 68 heavy (non-hydrogen) atoms. The molecule has 0 aliphatic rings. The highest BCUT2D eigenvalue weighted by Gasteiger charge is 2.19. The van der Waals surface area contributed by atoms with Gasteiger partial charge in [0.25, 0.3) is 0 Å². The number of esters is 3. The largest absolute Gasteiger partial charge is 0.462 e. The molecule has 396 valence electrons. The Labute approximate surface area is 422 Å². The third-order valence-electron chi connectivity index (χ3n) is 13.1. The van der Waals surface area contributed by atoms with Crippen molar-refractivity contribution in [2.24, 2.45) is 0 Å². The Bertz CT molecular complexity index is 1190. The molecule has 0 saturated carbocycles. The lowest BCUT2D eigenvalue weighted by Gasteiger charge is -2.18.